The molecule has 0 aliphatic carbocycles. The van der Waals surface area contributed by atoms with Crippen molar-refractivity contribution in [3.63, 3.8) is 0 Å². The maximum Gasteiger partial charge on any atom is 0.269 e. The third-order valence-electron chi connectivity index (χ3n) is 3.40. The van der Waals surface area contributed by atoms with Gasteiger partial charge in [0.05, 0.1) is 18.3 Å². The molecule has 0 fully saturated rings. The summed E-state index contributed by atoms with van der Waals surface area (Å²) >= 11 is 1.69. The van der Waals surface area contributed by atoms with Gasteiger partial charge in [-0.2, -0.15) is 16.9 Å². The van der Waals surface area contributed by atoms with E-state index in [1.165, 1.54) is 5.56 Å². The van der Waals surface area contributed by atoms with E-state index in [0.717, 1.165) is 23.4 Å². The molecule has 0 bridgehead atoms. The zero-order valence-electron chi connectivity index (χ0n) is 12.8. The standard InChI is InChI=1S/C16H21N3O2S/c1-11-3-5-12(6-4-11)14-9-15(19-18-14)16(21)17-13(10-20)7-8-22-2/h3-6,9,13,20H,7-8,10H2,1-2H3,(H,17,21)(H,18,19)/t13-/m0/s1. The average Bonchev–Trinajstić information content (AvgIpc) is 3.02. The van der Waals surface area contributed by atoms with Gasteiger partial charge in [0, 0.05) is 5.56 Å². The number of nitrogens with zero attached hydrogens (tertiary/aromatic N) is 1. The lowest BCUT2D eigenvalue weighted by Crippen LogP contribution is -2.38. The van der Waals surface area contributed by atoms with Gasteiger partial charge in [-0.15, -0.1) is 0 Å². The van der Waals surface area contributed by atoms with Gasteiger partial charge in [0.15, 0.2) is 0 Å². The van der Waals surface area contributed by atoms with Crippen molar-refractivity contribution >= 4 is 17.7 Å². The lowest BCUT2D eigenvalue weighted by molar-refractivity contribution is 0.0910. The molecule has 0 aliphatic heterocycles. The Morgan fingerprint density at radius 1 is 1.41 bits per heavy atom. The number of thioether (sulfide) groups is 1. The molecule has 3 N–H and O–H groups in total. The molecule has 0 radical (unpaired) electrons. The predicted octanol–water partition coefficient (Wildman–Crippen LogP) is 2.23. The number of nitrogens with one attached hydrogen (secondary N) is 2. The number of aliphatic hydroxyl groups is 1. The van der Waals surface area contributed by atoms with E-state index in [2.05, 4.69) is 15.5 Å². The number of rotatable bonds is 7. The molecule has 1 atom stereocenters. The number of amides is 1. The molecule has 1 aromatic heterocycles. The number of aryl methyl sites for hydroxylation is 1. The van der Waals surface area contributed by atoms with Crippen LogP contribution in [0.25, 0.3) is 11.3 Å². The van der Waals surface area contributed by atoms with Crippen LogP contribution in [0.5, 0.6) is 0 Å². The number of H-pyrrole nitrogens is 1. The number of carbonyl (C=O) groups excluding carboxylic acids is 1. The van der Waals surface area contributed by atoms with Crippen LogP contribution in [0.3, 0.4) is 0 Å². The van der Waals surface area contributed by atoms with Crippen molar-refractivity contribution in [2.75, 3.05) is 18.6 Å². The lowest BCUT2D eigenvalue weighted by Gasteiger charge is -2.14. The molecule has 22 heavy (non-hydrogen) atoms. The lowest BCUT2D eigenvalue weighted by atomic mass is 10.1. The number of aromatic amines is 1. The fraction of sp³-hybridized carbons (Fsp3) is 0.375. The van der Waals surface area contributed by atoms with Crippen molar-refractivity contribution < 1.29 is 9.90 Å². The van der Waals surface area contributed by atoms with E-state index in [9.17, 15) is 9.90 Å². The highest BCUT2D eigenvalue weighted by Crippen LogP contribution is 2.18. The third kappa shape index (κ3) is 4.35. The first-order valence-corrected chi connectivity index (χ1v) is 8.56. The topological polar surface area (TPSA) is 78.0 Å². The minimum Gasteiger partial charge on any atom is -0.394 e. The highest BCUT2D eigenvalue weighted by atomic mass is 32.2. The van der Waals surface area contributed by atoms with Gasteiger partial charge >= 0.3 is 0 Å². The zero-order chi connectivity index (χ0) is 15.9. The second kappa shape index (κ2) is 8.00. The molecular formula is C16H21N3O2S. The van der Waals surface area contributed by atoms with E-state index in [4.69, 9.17) is 0 Å². The number of aromatic nitrogens is 2. The van der Waals surface area contributed by atoms with Crippen LogP contribution in [0.1, 0.15) is 22.5 Å². The minimum absolute atomic E-state index is 0.0642. The van der Waals surface area contributed by atoms with Crippen LogP contribution in [-0.2, 0) is 0 Å². The van der Waals surface area contributed by atoms with Gasteiger partial charge in [0.2, 0.25) is 0 Å². The molecule has 0 saturated heterocycles. The normalized spacial score (nSPS) is 12.1. The predicted molar refractivity (Wildman–Crippen MR) is 90.1 cm³/mol. The molecule has 0 aliphatic rings. The summed E-state index contributed by atoms with van der Waals surface area (Å²) in [6, 6.07) is 9.46. The molecule has 1 aromatic carbocycles. The Labute approximate surface area is 134 Å². The molecule has 1 heterocycles. The van der Waals surface area contributed by atoms with Gasteiger partial charge in [-0.05, 0) is 31.4 Å². The Morgan fingerprint density at radius 3 is 2.77 bits per heavy atom. The molecule has 6 heteroatoms. The Kier molecular flexibility index (Phi) is 6.03. The molecule has 1 amide bonds. The monoisotopic (exact) mass is 319 g/mol. The SMILES string of the molecule is CSCC[C@@H](CO)NC(=O)c1cc(-c2ccc(C)cc2)n[nH]1. The van der Waals surface area contributed by atoms with Crippen LogP contribution in [0, 0.1) is 6.92 Å². The van der Waals surface area contributed by atoms with E-state index in [0.29, 0.717) is 5.69 Å². The largest absolute Gasteiger partial charge is 0.394 e. The molecule has 5 nitrogen and oxygen atoms in total. The summed E-state index contributed by atoms with van der Waals surface area (Å²) in [4.78, 5) is 12.2. The summed E-state index contributed by atoms with van der Waals surface area (Å²) in [7, 11) is 0. The summed E-state index contributed by atoms with van der Waals surface area (Å²) in [5, 5.41) is 19.1. The van der Waals surface area contributed by atoms with Crippen molar-refractivity contribution in [3.8, 4) is 11.3 Å². The Morgan fingerprint density at radius 2 is 2.14 bits per heavy atom. The van der Waals surface area contributed by atoms with Crippen molar-refractivity contribution in [1.82, 2.24) is 15.5 Å². The van der Waals surface area contributed by atoms with Gasteiger partial charge in [-0.25, -0.2) is 0 Å². The highest BCUT2D eigenvalue weighted by molar-refractivity contribution is 7.98. The van der Waals surface area contributed by atoms with E-state index < -0.39 is 0 Å². The van der Waals surface area contributed by atoms with Crippen molar-refractivity contribution in [1.29, 1.82) is 0 Å². The molecule has 0 unspecified atom stereocenters. The van der Waals surface area contributed by atoms with Gasteiger partial charge in [0.1, 0.15) is 5.69 Å². The first-order valence-electron chi connectivity index (χ1n) is 7.17. The van der Waals surface area contributed by atoms with Crippen molar-refractivity contribution in [3.05, 3.63) is 41.6 Å². The maximum absolute atomic E-state index is 12.2. The average molecular weight is 319 g/mol. The fourth-order valence-electron chi connectivity index (χ4n) is 2.04. The van der Waals surface area contributed by atoms with Crippen LogP contribution in [0.4, 0.5) is 0 Å². The Balaban J connectivity index is 2.03. The number of hydrogen-bond donors (Lipinski definition) is 3. The van der Waals surface area contributed by atoms with Crippen molar-refractivity contribution in [2.24, 2.45) is 0 Å². The van der Waals surface area contributed by atoms with Crippen LogP contribution in [0.2, 0.25) is 0 Å². The van der Waals surface area contributed by atoms with E-state index in [1.54, 1.807) is 17.8 Å². The smallest absolute Gasteiger partial charge is 0.269 e. The summed E-state index contributed by atoms with van der Waals surface area (Å²) in [6.07, 6.45) is 2.74. The van der Waals surface area contributed by atoms with Crippen molar-refractivity contribution in [2.45, 2.75) is 19.4 Å². The van der Waals surface area contributed by atoms with E-state index in [-0.39, 0.29) is 18.6 Å². The van der Waals surface area contributed by atoms with Crippen LogP contribution in [-0.4, -0.2) is 45.9 Å². The molecular weight excluding hydrogens is 298 g/mol. The summed E-state index contributed by atoms with van der Waals surface area (Å²) in [6.45, 7) is 1.96. The Bertz CT molecular complexity index is 610. The minimum atomic E-state index is -0.244. The highest BCUT2D eigenvalue weighted by Gasteiger charge is 2.15. The number of aliphatic hydroxyl groups excluding tert-OH is 1. The van der Waals surface area contributed by atoms with E-state index >= 15 is 0 Å². The molecule has 0 spiro atoms. The van der Waals surface area contributed by atoms with Crippen LogP contribution < -0.4 is 5.32 Å². The summed E-state index contributed by atoms with van der Waals surface area (Å²) in [5.41, 5.74) is 3.27. The van der Waals surface area contributed by atoms with Crippen LogP contribution >= 0.6 is 11.8 Å². The maximum atomic E-state index is 12.2. The molecule has 2 rings (SSSR count). The summed E-state index contributed by atoms with van der Waals surface area (Å²) < 4.78 is 0. The first kappa shape index (κ1) is 16.6. The van der Waals surface area contributed by atoms with Crippen LogP contribution in [0.15, 0.2) is 30.3 Å². The summed E-state index contributed by atoms with van der Waals surface area (Å²) in [5.74, 6) is 0.648. The van der Waals surface area contributed by atoms with Gasteiger partial charge in [0.25, 0.3) is 5.91 Å². The van der Waals surface area contributed by atoms with Gasteiger partial charge < -0.3 is 10.4 Å². The third-order valence-corrected chi connectivity index (χ3v) is 4.04. The zero-order valence-corrected chi connectivity index (χ0v) is 13.6. The fourth-order valence-corrected chi connectivity index (χ4v) is 2.56. The second-order valence-corrected chi connectivity index (χ2v) is 6.15. The quantitative estimate of drug-likeness (QED) is 0.731. The Hall–Kier alpha value is -1.79. The number of carbonyl (C=O) groups is 1. The second-order valence-electron chi connectivity index (χ2n) is 5.17. The van der Waals surface area contributed by atoms with E-state index in [1.807, 2.05) is 37.4 Å². The number of benzene rings is 1. The first-order chi connectivity index (χ1) is 10.6. The molecule has 0 saturated carbocycles. The molecule has 118 valence electrons. The van der Waals surface area contributed by atoms with Gasteiger partial charge in [-0.1, -0.05) is 29.8 Å². The van der Waals surface area contributed by atoms with Gasteiger partial charge in [-0.3, -0.25) is 9.89 Å². The number of hydrogen-bond acceptors (Lipinski definition) is 4. The molecule has 2 aromatic rings.